The fraction of sp³-hybridized carbons (Fsp3) is 0.684. The average molecular weight is 411 g/mol. The van der Waals surface area contributed by atoms with Crippen molar-refractivity contribution in [1.29, 1.82) is 0 Å². The highest BCUT2D eigenvalue weighted by Gasteiger charge is 2.31. The van der Waals surface area contributed by atoms with Crippen molar-refractivity contribution in [3.05, 3.63) is 23.9 Å². The number of rotatable bonds is 7. The highest BCUT2D eigenvalue weighted by Crippen LogP contribution is 2.21. The summed E-state index contributed by atoms with van der Waals surface area (Å²) in [5.41, 5.74) is 0.962. The Kier molecular flexibility index (Phi) is 7.25. The molecule has 3 heterocycles. The molecule has 0 radical (unpaired) electrons. The molecule has 0 aromatic carbocycles. The first-order valence-corrected chi connectivity index (χ1v) is 11.6. The largest absolute Gasteiger partial charge is 0.378 e. The van der Waals surface area contributed by atoms with E-state index in [4.69, 9.17) is 4.74 Å². The predicted molar refractivity (Wildman–Crippen MR) is 107 cm³/mol. The summed E-state index contributed by atoms with van der Waals surface area (Å²) in [4.78, 5) is 19.4. The van der Waals surface area contributed by atoms with E-state index in [1.54, 1.807) is 6.20 Å². The molecular formula is C19H30N4O4S. The molecule has 2 aliphatic rings. The summed E-state index contributed by atoms with van der Waals surface area (Å²) in [7, 11) is -3.26. The Morgan fingerprint density at radius 3 is 2.86 bits per heavy atom. The maximum absolute atomic E-state index is 12.7. The lowest BCUT2D eigenvalue weighted by atomic mass is 9.99. The van der Waals surface area contributed by atoms with Crippen molar-refractivity contribution in [2.45, 2.75) is 32.7 Å². The molecule has 1 N–H and O–H groups in total. The molecule has 2 aliphatic heterocycles. The van der Waals surface area contributed by atoms with Gasteiger partial charge in [-0.1, -0.05) is 13.0 Å². The number of nitrogens with one attached hydrogen (secondary N) is 1. The summed E-state index contributed by atoms with van der Waals surface area (Å²) in [5.74, 6) is 0.624. The van der Waals surface area contributed by atoms with Crippen LogP contribution in [0.25, 0.3) is 0 Å². The molecule has 9 heteroatoms. The molecule has 2 fully saturated rings. The quantitative estimate of drug-likeness (QED) is 0.721. The fourth-order valence-electron chi connectivity index (χ4n) is 3.75. The van der Waals surface area contributed by atoms with Gasteiger partial charge >= 0.3 is 0 Å². The van der Waals surface area contributed by atoms with Gasteiger partial charge in [-0.25, -0.2) is 17.7 Å². The summed E-state index contributed by atoms with van der Waals surface area (Å²) in [5, 5.41) is 2.99. The zero-order chi connectivity index (χ0) is 20.0. The van der Waals surface area contributed by atoms with E-state index in [0.29, 0.717) is 45.6 Å². The average Bonchev–Trinajstić information content (AvgIpc) is 2.73. The van der Waals surface area contributed by atoms with E-state index in [-0.39, 0.29) is 24.1 Å². The highest BCUT2D eigenvalue weighted by atomic mass is 32.2. The van der Waals surface area contributed by atoms with E-state index in [2.05, 4.69) is 15.2 Å². The van der Waals surface area contributed by atoms with E-state index in [9.17, 15) is 13.2 Å². The molecule has 0 bridgehead atoms. The standard InChI is InChI=1S/C19H30N4O4S/c1-2-13-28(25,26)23-8-4-6-17(15-23)19(24)21-14-16-5-3-7-20-18(16)22-9-11-27-12-10-22/h3,5,7,17H,2,4,6,8-15H2,1H3,(H,21,24). The summed E-state index contributed by atoms with van der Waals surface area (Å²) in [6, 6.07) is 3.84. The summed E-state index contributed by atoms with van der Waals surface area (Å²) >= 11 is 0. The molecule has 1 aromatic rings. The zero-order valence-corrected chi connectivity index (χ0v) is 17.3. The maximum Gasteiger partial charge on any atom is 0.224 e. The van der Waals surface area contributed by atoms with Crippen molar-refractivity contribution in [2.75, 3.05) is 50.0 Å². The van der Waals surface area contributed by atoms with Gasteiger partial charge in [0.1, 0.15) is 5.82 Å². The van der Waals surface area contributed by atoms with E-state index in [0.717, 1.165) is 24.5 Å². The number of nitrogens with zero attached hydrogens (tertiary/aromatic N) is 3. The second kappa shape index (κ2) is 9.67. The van der Waals surface area contributed by atoms with Gasteiger partial charge < -0.3 is 15.0 Å². The third-order valence-corrected chi connectivity index (χ3v) is 7.28. The number of morpholine rings is 1. The van der Waals surface area contributed by atoms with Crippen LogP contribution in [0.15, 0.2) is 18.3 Å². The van der Waals surface area contributed by atoms with E-state index in [1.165, 1.54) is 4.31 Å². The molecule has 0 aliphatic carbocycles. The topological polar surface area (TPSA) is 91.8 Å². The molecule has 1 atom stereocenters. The Morgan fingerprint density at radius 1 is 1.32 bits per heavy atom. The normalized spacial score (nSPS) is 21.5. The maximum atomic E-state index is 12.7. The van der Waals surface area contributed by atoms with Crippen LogP contribution < -0.4 is 10.2 Å². The van der Waals surface area contributed by atoms with Crippen molar-refractivity contribution in [2.24, 2.45) is 5.92 Å². The number of amides is 1. The second-order valence-electron chi connectivity index (χ2n) is 7.32. The Bertz CT molecular complexity index is 765. The van der Waals surface area contributed by atoms with Gasteiger partial charge in [-0.3, -0.25) is 4.79 Å². The van der Waals surface area contributed by atoms with Crippen LogP contribution in [0, 0.1) is 5.92 Å². The van der Waals surface area contributed by atoms with Gasteiger partial charge in [0, 0.05) is 44.5 Å². The van der Waals surface area contributed by atoms with E-state index >= 15 is 0 Å². The number of piperidine rings is 1. The Balaban J connectivity index is 1.60. The monoisotopic (exact) mass is 410 g/mol. The van der Waals surface area contributed by atoms with Crippen LogP contribution in [0.3, 0.4) is 0 Å². The van der Waals surface area contributed by atoms with Gasteiger partial charge in [0.15, 0.2) is 0 Å². The zero-order valence-electron chi connectivity index (χ0n) is 16.5. The molecule has 0 saturated carbocycles. The second-order valence-corrected chi connectivity index (χ2v) is 9.41. The van der Waals surface area contributed by atoms with Gasteiger partial charge in [-0.15, -0.1) is 0 Å². The molecule has 1 aromatic heterocycles. The SMILES string of the molecule is CCCS(=O)(=O)N1CCCC(C(=O)NCc2cccnc2N2CCOCC2)C1. The lowest BCUT2D eigenvalue weighted by Gasteiger charge is -2.31. The van der Waals surface area contributed by atoms with E-state index < -0.39 is 10.0 Å². The van der Waals surface area contributed by atoms with Crippen molar-refractivity contribution in [3.8, 4) is 0 Å². The number of hydrogen-bond acceptors (Lipinski definition) is 6. The number of hydrogen-bond donors (Lipinski definition) is 1. The first-order valence-electron chi connectivity index (χ1n) is 10.0. The van der Waals surface area contributed by atoms with Crippen LogP contribution in [0.1, 0.15) is 31.7 Å². The summed E-state index contributed by atoms with van der Waals surface area (Å²) in [6.45, 7) is 5.94. The Morgan fingerprint density at radius 2 is 2.11 bits per heavy atom. The minimum atomic E-state index is -3.26. The van der Waals surface area contributed by atoms with Crippen molar-refractivity contribution < 1.29 is 17.9 Å². The minimum Gasteiger partial charge on any atom is -0.378 e. The van der Waals surface area contributed by atoms with Crippen LogP contribution in [-0.2, 0) is 26.1 Å². The van der Waals surface area contributed by atoms with Crippen molar-refractivity contribution in [3.63, 3.8) is 0 Å². The van der Waals surface area contributed by atoms with Gasteiger partial charge in [-0.2, -0.15) is 0 Å². The van der Waals surface area contributed by atoms with Crippen LogP contribution >= 0.6 is 0 Å². The minimum absolute atomic E-state index is 0.0896. The third-order valence-electron chi connectivity index (χ3n) is 5.24. The summed E-state index contributed by atoms with van der Waals surface area (Å²) in [6.07, 6.45) is 3.77. The smallest absolute Gasteiger partial charge is 0.224 e. The predicted octanol–water partition coefficient (Wildman–Crippen LogP) is 0.986. The van der Waals surface area contributed by atoms with Gasteiger partial charge in [0.2, 0.25) is 15.9 Å². The molecule has 156 valence electrons. The summed E-state index contributed by atoms with van der Waals surface area (Å²) < 4.78 is 31.5. The van der Waals surface area contributed by atoms with Gasteiger partial charge in [0.05, 0.1) is 24.9 Å². The number of ether oxygens (including phenoxy) is 1. The Hall–Kier alpha value is -1.71. The van der Waals surface area contributed by atoms with Crippen LogP contribution in [-0.4, -0.2) is 68.8 Å². The fourth-order valence-corrected chi connectivity index (χ4v) is 5.34. The molecule has 1 amide bonds. The molecule has 1 unspecified atom stereocenters. The third kappa shape index (κ3) is 5.21. The molecule has 2 saturated heterocycles. The first kappa shape index (κ1) is 21.0. The number of anilines is 1. The molecule has 28 heavy (non-hydrogen) atoms. The first-order chi connectivity index (χ1) is 13.5. The number of carbonyl (C=O) groups excluding carboxylic acids is 1. The van der Waals surface area contributed by atoms with Gasteiger partial charge in [-0.05, 0) is 25.3 Å². The molecule has 0 spiro atoms. The highest BCUT2D eigenvalue weighted by molar-refractivity contribution is 7.89. The van der Waals surface area contributed by atoms with Crippen molar-refractivity contribution >= 4 is 21.7 Å². The number of carbonyl (C=O) groups is 1. The van der Waals surface area contributed by atoms with Crippen LogP contribution in [0.2, 0.25) is 0 Å². The van der Waals surface area contributed by atoms with E-state index in [1.807, 2.05) is 19.1 Å². The molecule has 3 rings (SSSR count). The van der Waals surface area contributed by atoms with Gasteiger partial charge in [0.25, 0.3) is 0 Å². The van der Waals surface area contributed by atoms with Crippen molar-refractivity contribution in [1.82, 2.24) is 14.6 Å². The number of aromatic nitrogens is 1. The molecule has 8 nitrogen and oxygen atoms in total. The van der Waals surface area contributed by atoms with Crippen LogP contribution in [0.5, 0.6) is 0 Å². The number of pyridine rings is 1. The lowest BCUT2D eigenvalue weighted by Crippen LogP contribution is -2.46. The number of sulfonamides is 1. The molecular weight excluding hydrogens is 380 g/mol. The lowest BCUT2D eigenvalue weighted by molar-refractivity contribution is -0.126. The van der Waals surface area contributed by atoms with Crippen LogP contribution in [0.4, 0.5) is 5.82 Å². The Labute approximate surface area is 167 Å².